The van der Waals surface area contributed by atoms with Crippen LogP contribution in [0.2, 0.25) is 0 Å². The normalized spacial score (nSPS) is 13.2. The number of hydrogen-bond acceptors (Lipinski definition) is 3. The van der Waals surface area contributed by atoms with Gasteiger partial charge in [-0.2, -0.15) is 0 Å². The highest BCUT2D eigenvalue weighted by Gasteiger charge is 2.09. The van der Waals surface area contributed by atoms with Gasteiger partial charge in [-0.1, -0.05) is 18.2 Å². The van der Waals surface area contributed by atoms with E-state index in [1.54, 1.807) is 11.3 Å². The van der Waals surface area contributed by atoms with Crippen molar-refractivity contribution in [3.8, 4) is 0 Å². The van der Waals surface area contributed by atoms with Crippen LogP contribution in [0, 0.1) is 5.92 Å². The lowest BCUT2D eigenvalue weighted by molar-refractivity contribution is 0.230. The molecule has 1 atom stereocenters. The average molecular weight is 221 g/mol. The first-order valence-electron chi connectivity index (χ1n) is 5.11. The van der Waals surface area contributed by atoms with Gasteiger partial charge >= 0.3 is 0 Å². The summed E-state index contributed by atoms with van der Waals surface area (Å²) in [6.45, 7) is 0.710. The van der Waals surface area contributed by atoms with E-state index in [0.29, 0.717) is 6.54 Å². The van der Waals surface area contributed by atoms with E-state index in [1.807, 2.05) is 0 Å². The number of fused-ring (bicyclic) bond motifs is 1. The summed E-state index contributed by atoms with van der Waals surface area (Å²) in [6, 6.07) is 8.36. The lowest BCUT2D eigenvalue weighted by Gasteiger charge is -2.10. The lowest BCUT2D eigenvalue weighted by atomic mass is 10.00. The second-order valence-electron chi connectivity index (χ2n) is 3.75. The smallest absolute Gasteiger partial charge is 0.0474 e. The summed E-state index contributed by atoms with van der Waals surface area (Å²) in [4.78, 5) is 0. The fourth-order valence-electron chi connectivity index (χ4n) is 1.72. The van der Waals surface area contributed by atoms with E-state index in [2.05, 4.69) is 29.6 Å². The summed E-state index contributed by atoms with van der Waals surface area (Å²) in [6.07, 6.45) is 0.872. The Morgan fingerprint density at radius 3 is 2.87 bits per heavy atom. The highest BCUT2D eigenvalue weighted by atomic mass is 32.1. The molecule has 0 aliphatic heterocycles. The van der Waals surface area contributed by atoms with Gasteiger partial charge in [-0.25, -0.2) is 0 Å². The van der Waals surface area contributed by atoms with Gasteiger partial charge in [-0.05, 0) is 41.3 Å². The van der Waals surface area contributed by atoms with Crippen molar-refractivity contribution in [3.05, 3.63) is 35.2 Å². The fraction of sp³-hybridized carbons (Fsp3) is 0.333. The quantitative estimate of drug-likeness (QED) is 0.829. The minimum absolute atomic E-state index is 0.167. The Kier molecular flexibility index (Phi) is 3.36. The van der Waals surface area contributed by atoms with Gasteiger partial charge in [-0.15, -0.1) is 11.3 Å². The molecule has 0 saturated carbocycles. The molecule has 3 heteroatoms. The summed E-state index contributed by atoms with van der Waals surface area (Å²) in [7, 11) is 0. The molecule has 2 aromatic rings. The average Bonchev–Trinajstić information content (AvgIpc) is 2.69. The molecule has 0 amide bonds. The molecule has 0 spiro atoms. The number of hydrogen-bond donors (Lipinski definition) is 2. The van der Waals surface area contributed by atoms with Crippen molar-refractivity contribution in [2.24, 2.45) is 11.7 Å². The zero-order valence-corrected chi connectivity index (χ0v) is 9.33. The monoisotopic (exact) mass is 221 g/mol. The molecule has 80 valence electrons. The van der Waals surface area contributed by atoms with E-state index in [9.17, 15) is 0 Å². The molecule has 0 bridgehead atoms. The molecule has 0 saturated heterocycles. The first-order chi connectivity index (χ1) is 7.35. The Bertz CT molecular complexity index is 434. The Morgan fingerprint density at radius 2 is 2.13 bits per heavy atom. The molecule has 1 aromatic carbocycles. The Morgan fingerprint density at radius 1 is 1.33 bits per heavy atom. The van der Waals surface area contributed by atoms with Crippen LogP contribution in [-0.4, -0.2) is 18.3 Å². The maximum atomic E-state index is 9.12. The molecule has 2 nitrogen and oxygen atoms in total. The van der Waals surface area contributed by atoms with Gasteiger partial charge in [0.2, 0.25) is 0 Å². The van der Waals surface area contributed by atoms with Crippen molar-refractivity contribution in [2.45, 2.75) is 6.42 Å². The number of benzene rings is 1. The number of aliphatic hydroxyl groups excluding tert-OH is 1. The minimum atomic E-state index is 0.167. The first-order valence-corrected chi connectivity index (χ1v) is 5.99. The Labute approximate surface area is 93.3 Å². The molecule has 1 aromatic heterocycles. The van der Waals surface area contributed by atoms with E-state index < -0.39 is 0 Å². The molecule has 0 fully saturated rings. The van der Waals surface area contributed by atoms with Crippen molar-refractivity contribution in [1.29, 1.82) is 0 Å². The van der Waals surface area contributed by atoms with E-state index in [-0.39, 0.29) is 12.5 Å². The van der Waals surface area contributed by atoms with Crippen molar-refractivity contribution < 1.29 is 5.11 Å². The topological polar surface area (TPSA) is 46.2 Å². The van der Waals surface area contributed by atoms with E-state index in [1.165, 1.54) is 15.6 Å². The molecule has 0 radical (unpaired) electrons. The second-order valence-corrected chi connectivity index (χ2v) is 4.66. The van der Waals surface area contributed by atoms with Crippen LogP contribution in [0.3, 0.4) is 0 Å². The molecular weight excluding hydrogens is 206 g/mol. The number of rotatable bonds is 4. The molecule has 1 unspecified atom stereocenters. The number of thiophene rings is 1. The molecular formula is C12H15NOS. The molecule has 1 heterocycles. The minimum Gasteiger partial charge on any atom is -0.396 e. The largest absolute Gasteiger partial charge is 0.396 e. The second kappa shape index (κ2) is 4.75. The van der Waals surface area contributed by atoms with Crippen molar-refractivity contribution in [1.82, 2.24) is 0 Å². The fourth-order valence-corrected chi connectivity index (χ4v) is 2.70. The maximum absolute atomic E-state index is 9.12. The molecule has 0 aliphatic rings. The van der Waals surface area contributed by atoms with Gasteiger partial charge in [0.05, 0.1) is 0 Å². The Hall–Kier alpha value is -0.900. The molecule has 0 aliphatic carbocycles. The highest BCUT2D eigenvalue weighted by molar-refractivity contribution is 7.17. The van der Waals surface area contributed by atoms with Crippen LogP contribution < -0.4 is 5.73 Å². The standard InChI is InChI=1S/C12H15NOS/c13-6-9(7-14)5-10-8-15-12-4-2-1-3-11(10)12/h1-4,8-9,14H,5-7,13H2. The van der Waals surface area contributed by atoms with Crippen LogP contribution >= 0.6 is 11.3 Å². The number of aliphatic hydroxyl groups is 1. The van der Waals surface area contributed by atoms with Crippen LogP contribution in [0.1, 0.15) is 5.56 Å². The molecule has 15 heavy (non-hydrogen) atoms. The summed E-state index contributed by atoms with van der Waals surface area (Å²) in [5, 5.41) is 12.6. The van der Waals surface area contributed by atoms with Gasteiger partial charge in [0, 0.05) is 11.3 Å². The third-order valence-electron chi connectivity index (χ3n) is 2.66. The van der Waals surface area contributed by atoms with Gasteiger partial charge in [0.1, 0.15) is 0 Å². The summed E-state index contributed by atoms with van der Waals surface area (Å²) in [5.74, 6) is 0.183. The first kappa shape index (κ1) is 10.6. The van der Waals surface area contributed by atoms with Crippen LogP contribution in [0.15, 0.2) is 29.6 Å². The predicted molar refractivity (Wildman–Crippen MR) is 65.2 cm³/mol. The summed E-state index contributed by atoms with van der Waals surface area (Å²) in [5.41, 5.74) is 6.89. The summed E-state index contributed by atoms with van der Waals surface area (Å²) >= 11 is 1.75. The van der Waals surface area contributed by atoms with Crippen molar-refractivity contribution in [2.75, 3.05) is 13.2 Å². The van der Waals surface area contributed by atoms with Crippen molar-refractivity contribution in [3.63, 3.8) is 0 Å². The SMILES string of the molecule is NCC(CO)Cc1csc2ccccc12. The molecule has 2 rings (SSSR count). The van der Waals surface area contributed by atoms with Crippen LogP contribution in [0.4, 0.5) is 0 Å². The predicted octanol–water partition coefficient (Wildman–Crippen LogP) is 2.01. The molecule has 3 N–H and O–H groups in total. The van der Waals surface area contributed by atoms with Gasteiger partial charge < -0.3 is 10.8 Å². The van der Waals surface area contributed by atoms with E-state index in [4.69, 9.17) is 10.8 Å². The number of nitrogens with two attached hydrogens (primary N) is 1. The third kappa shape index (κ3) is 2.20. The maximum Gasteiger partial charge on any atom is 0.0474 e. The van der Waals surface area contributed by atoms with E-state index in [0.717, 1.165) is 6.42 Å². The van der Waals surface area contributed by atoms with Gasteiger partial charge in [-0.3, -0.25) is 0 Å². The van der Waals surface area contributed by atoms with Gasteiger partial charge in [0.15, 0.2) is 0 Å². The zero-order chi connectivity index (χ0) is 10.7. The van der Waals surface area contributed by atoms with E-state index >= 15 is 0 Å². The zero-order valence-electron chi connectivity index (χ0n) is 8.52. The van der Waals surface area contributed by atoms with Crippen molar-refractivity contribution >= 4 is 21.4 Å². The van der Waals surface area contributed by atoms with Gasteiger partial charge in [0.25, 0.3) is 0 Å². The summed E-state index contributed by atoms with van der Waals surface area (Å²) < 4.78 is 1.31. The Balaban J connectivity index is 2.28. The van der Waals surface area contributed by atoms with Crippen LogP contribution in [-0.2, 0) is 6.42 Å². The van der Waals surface area contributed by atoms with Crippen LogP contribution in [0.5, 0.6) is 0 Å². The third-order valence-corrected chi connectivity index (χ3v) is 3.67. The van der Waals surface area contributed by atoms with Crippen LogP contribution in [0.25, 0.3) is 10.1 Å². The lowest BCUT2D eigenvalue weighted by Crippen LogP contribution is -2.20. The highest BCUT2D eigenvalue weighted by Crippen LogP contribution is 2.27.